The van der Waals surface area contributed by atoms with Gasteiger partial charge in [0.2, 0.25) is 5.91 Å². The van der Waals surface area contributed by atoms with Crippen LogP contribution in [0.3, 0.4) is 0 Å². The summed E-state index contributed by atoms with van der Waals surface area (Å²) in [6.45, 7) is 5.99. The van der Waals surface area contributed by atoms with Crippen LogP contribution in [-0.4, -0.2) is 12.5 Å². The molecule has 0 fully saturated rings. The van der Waals surface area contributed by atoms with Crippen LogP contribution in [-0.2, 0) is 4.79 Å². The molecule has 1 N–H and O–H groups in total. The fourth-order valence-electron chi connectivity index (χ4n) is 1.16. The molecule has 4 nitrogen and oxygen atoms in total. The molecule has 0 saturated carbocycles. The van der Waals surface area contributed by atoms with Crippen LogP contribution in [0.25, 0.3) is 0 Å². The van der Waals surface area contributed by atoms with Gasteiger partial charge in [-0.3, -0.25) is 4.79 Å². The summed E-state index contributed by atoms with van der Waals surface area (Å²) in [4.78, 5) is 11.3. The molecule has 1 amide bonds. The zero-order valence-corrected chi connectivity index (χ0v) is 9.69. The van der Waals surface area contributed by atoms with E-state index >= 15 is 0 Å². The average molecular weight is 230 g/mol. The highest BCUT2D eigenvalue weighted by Crippen LogP contribution is 2.24. The Morgan fingerprint density at radius 3 is 2.88 bits per heavy atom. The quantitative estimate of drug-likeness (QED) is 0.790. The van der Waals surface area contributed by atoms with Crippen molar-refractivity contribution in [2.45, 2.75) is 13.3 Å². The molecule has 0 atom stereocenters. The highest BCUT2D eigenvalue weighted by Gasteiger charge is 2.06. The summed E-state index contributed by atoms with van der Waals surface area (Å²) in [5.74, 6) is 0.223. The third kappa shape index (κ3) is 4.39. The fraction of sp³-hybridized carbons (Fsp3) is 0.231. The van der Waals surface area contributed by atoms with E-state index in [2.05, 4.69) is 11.9 Å². The van der Waals surface area contributed by atoms with Crippen molar-refractivity contribution in [3.63, 3.8) is 0 Å². The van der Waals surface area contributed by atoms with Gasteiger partial charge in [0.05, 0.1) is 11.8 Å². The largest absolute Gasteiger partial charge is 0.487 e. The summed E-state index contributed by atoms with van der Waals surface area (Å²) in [5.41, 5.74) is 1.46. The first kappa shape index (κ1) is 12.8. The number of rotatable bonds is 5. The number of amides is 1. The number of nitrogens with zero attached hydrogens (tertiary/aromatic N) is 1. The van der Waals surface area contributed by atoms with E-state index in [1.165, 1.54) is 0 Å². The summed E-state index contributed by atoms with van der Waals surface area (Å²) < 4.78 is 5.48. The zero-order valence-electron chi connectivity index (χ0n) is 9.69. The maximum Gasteiger partial charge on any atom is 0.238 e. The van der Waals surface area contributed by atoms with Crippen molar-refractivity contribution in [2.75, 3.05) is 11.9 Å². The second kappa shape index (κ2) is 6.33. The van der Waals surface area contributed by atoms with Crippen LogP contribution < -0.4 is 10.1 Å². The third-order valence-corrected chi connectivity index (χ3v) is 1.87. The van der Waals surface area contributed by atoms with Gasteiger partial charge in [-0.1, -0.05) is 18.7 Å². The number of nitriles is 1. The zero-order chi connectivity index (χ0) is 12.7. The fourth-order valence-corrected chi connectivity index (χ4v) is 1.16. The molecule has 0 aliphatic carbocycles. The lowest BCUT2D eigenvalue weighted by Gasteiger charge is -2.11. The van der Waals surface area contributed by atoms with Gasteiger partial charge in [-0.25, -0.2) is 0 Å². The number of carbonyl (C=O) groups is 1. The number of carbonyl (C=O) groups excluding carboxylic acids is 1. The minimum Gasteiger partial charge on any atom is -0.487 e. The number of para-hydroxylation sites is 2. The Labute approximate surface area is 101 Å². The van der Waals surface area contributed by atoms with Crippen LogP contribution in [0, 0.1) is 11.3 Å². The molecule has 0 heterocycles. The number of benzene rings is 1. The molecular formula is C13H14N2O2. The van der Waals surface area contributed by atoms with Crippen LogP contribution in [0.1, 0.15) is 13.3 Å². The third-order valence-electron chi connectivity index (χ3n) is 1.87. The Balaban J connectivity index is 2.74. The van der Waals surface area contributed by atoms with Crippen LogP contribution in [0.2, 0.25) is 0 Å². The van der Waals surface area contributed by atoms with Gasteiger partial charge in [0, 0.05) is 0 Å². The number of nitrogens with one attached hydrogen (secondary N) is 1. The van der Waals surface area contributed by atoms with Crippen molar-refractivity contribution < 1.29 is 9.53 Å². The molecule has 0 saturated heterocycles. The summed E-state index contributed by atoms with van der Waals surface area (Å²) in [5, 5.41) is 11.0. The van der Waals surface area contributed by atoms with Crippen LogP contribution >= 0.6 is 0 Å². The van der Waals surface area contributed by atoms with E-state index in [0.29, 0.717) is 18.0 Å². The van der Waals surface area contributed by atoms with Gasteiger partial charge in [-0.05, 0) is 24.6 Å². The van der Waals surface area contributed by atoms with Crippen LogP contribution in [0.15, 0.2) is 36.4 Å². The molecule has 1 rings (SSSR count). The van der Waals surface area contributed by atoms with Gasteiger partial charge in [-0.2, -0.15) is 5.26 Å². The van der Waals surface area contributed by atoms with Crippen molar-refractivity contribution in [3.8, 4) is 11.8 Å². The second-order valence-electron chi connectivity index (χ2n) is 3.63. The van der Waals surface area contributed by atoms with E-state index in [-0.39, 0.29) is 12.3 Å². The maximum atomic E-state index is 11.3. The standard InChI is InChI=1S/C13H14N2O2/c1-10(2)9-17-12-6-4-3-5-11(12)15-13(16)7-8-14/h3-6H,1,7,9H2,2H3,(H,15,16). The molecular weight excluding hydrogens is 216 g/mol. The number of hydrogen-bond acceptors (Lipinski definition) is 3. The topological polar surface area (TPSA) is 62.1 Å². The van der Waals surface area contributed by atoms with E-state index in [0.717, 1.165) is 5.57 Å². The lowest BCUT2D eigenvalue weighted by molar-refractivity contribution is -0.115. The van der Waals surface area contributed by atoms with Crippen LogP contribution in [0.5, 0.6) is 5.75 Å². The Morgan fingerprint density at radius 2 is 2.24 bits per heavy atom. The number of anilines is 1. The highest BCUT2D eigenvalue weighted by atomic mass is 16.5. The summed E-state index contributed by atoms with van der Waals surface area (Å²) in [7, 11) is 0. The molecule has 1 aromatic carbocycles. The highest BCUT2D eigenvalue weighted by molar-refractivity contribution is 5.93. The molecule has 0 aliphatic heterocycles. The summed E-state index contributed by atoms with van der Waals surface area (Å²) in [6, 6.07) is 8.87. The Bertz CT molecular complexity index is 461. The SMILES string of the molecule is C=C(C)COc1ccccc1NC(=O)CC#N. The Hall–Kier alpha value is -2.28. The average Bonchev–Trinajstić information content (AvgIpc) is 2.28. The van der Waals surface area contributed by atoms with Gasteiger partial charge in [0.25, 0.3) is 0 Å². The predicted octanol–water partition coefficient (Wildman–Crippen LogP) is 2.49. The van der Waals surface area contributed by atoms with Gasteiger partial charge in [-0.15, -0.1) is 0 Å². The van der Waals surface area contributed by atoms with E-state index in [1.54, 1.807) is 24.3 Å². The van der Waals surface area contributed by atoms with E-state index in [1.807, 2.05) is 13.0 Å². The molecule has 0 radical (unpaired) electrons. The number of ether oxygens (including phenoxy) is 1. The molecule has 0 bridgehead atoms. The van der Waals surface area contributed by atoms with Gasteiger partial charge < -0.3 is 10.1 Å². The summed E-state index contributed by atoms with van der Waals surface area (Å²) >= 11 is 0. The first-order valence-corrected chi connectivity index (χ1v) is 5.16. The molecule has 0 aliphatic rings. The van der Waals surface area contributed by atoms with E-state index in [9.17, 15) is 4.79 Å². The second-order valence-corrected chi connectivity index (χ2v) is 3.63. The normalized spacial score (nSPS) is 9.18. The molecule has 17 heavy (non-hydrogen) atoms. The summed E-state index contributed by atoms with van der Waals surface area (Å²) in [6.07, 6.45) is -0.172. The van der Waals surface area contributed by atoms with Crippen molar-refractivity contribution >= 4 is 11.6 Å². The van der Waals surface area contributed by atoms with Gasteiger partial charge >= 0.3 is 0 Å². The molecule has 0 aromatic heterocycles. The molecule has 1 aromatic rings. The van der Waals surface area contributed by atoms with Crippen molar-refractivity contribution in [3.05, 3.63) is 36.4 Å². The smallest absolute Gasteiger partial charge is 0.238 e. The molecule has 4 heteroatoms. The first-order valence-electron chi connectivity index (χ1n) is 5.16. The minimum atomic E-state index is -0.348. The Kier molecular flexibility index (Phi) is 4.77. The Morgan fingerprint density at radius 1 is 1.53 bits per heavy atom. The molecule has 0 unspecified atom stereocenters. The monoisotopic (exact) mass is 230 g/mol. The molecule has 88 valence electrons. The lowest BCUT2D eigenvalue weighted by atomic mass is 10.2. The van der Waals surface area contributed by atoms with E-state index < -0.39 is 0 Å². The molecule has 0 spiro atoms. The van der Waals surface area contributed by atoms with Crippen molar-refractivity contribution in [1.29, 1.82) is 5.26 Å². The minimum absolute atomic E-state index is 0.172. The van der Waals surface area contributed by atoms with Crippen molar-refractivity contribution in [2.24, 2.45) is 0 Å². The van der Waals surface area contributed by atoms with Crippen molar-refractivity contribution in [1.82, 2.24) is 0 Å². The van der Waals surface area contributed by atoms with Gasteiger partial charge in [0.15, 0.2) is 0 Å². The van der Waals surface area contributed by atoms with Gasteiger partial charge in [0.1, 0.15) is 18.8 Å². The maximum absolute atomic E-state index is 11.3. The number of hydrogen-bond donors (Lipinski definition) is 1. The van der Waals surface area contributed by atoms with E-state index in [4.69, 9.17) is 10.00 Å². The lowest BCUT2D eigenvalue weighted by Crippen LogP contribution is -2.11. The first-order chi connectivity index (χ1) is 8.13. The van der Waals surface area contributed by atoms with Crippen LogP contribution in [0.4, 0.5) is 5.69 Å². The predicted molar refractivity (Wildman–Crippen MR) is 65.6 cm³/mol.